The molecule has 1 atom stereocenters. The second-order valence-corrected chi connectivity index (χ2v) is 6.89. The topological polar surface area (TPSA) is 37.3 Å². The first-order valence-electron chi connectivity index (χ1n) is 8.98. The van der Waals surface area contributed by atoms with E-state index in [9.17, 15) is 14.3 Å². The highest BCUT2D eigenvalue weighted by Crippen LogP contribution is 2.44. The second kappa shape index (κ2) is 7.20. The van der Waals surface area contributed by atoms with Crippen molar-refractivity contribution in [2.24, 2.45) is 0 Å². The van der Waals surface area contributed by atoms with Crippen molar-refractivity contribution in [3.05, 3.63) is 95.3 Å². The molecule has 0 fully saturated rings. The lowest BCUT2D eigenvalue weighted by molar-refractivity contribution is -0.137. The molecule has 3 aromatic rings. The van der Waals surface area contributed by atoms with Gasteiger partial charge in [0, 0.05) is 0 Å². The Labute approximate surface area is 157 Å². The van der Waals surface area contributed by atoms with Crippen LogP contribution in [0.5, 0.6) is 0 Å². The van der Waals surface area contributed by atoms with E-state index in [-0.39, 0.29) is 18.2 Å². The highest BCUT2D eigenvalue weighted by atomic mass is 19.1. The molecule has 1 aliphatic rings. The molecule has 0 amide bonds. The van der Waals surface area contributed by atoms with Gasteiger partial charge in [-0.3, -0.25) is 4.79 Å². The van der Waals surface area contributed by atoms with Crippen molar-refractivity contribution in [2.75, 3.05) is 0 Å². The summed E-state index contributed by atoms with van der Waals surface area (Å²) in [4.78, 5) is 11.2. The standard InChI is InChI=1S/C24H19FO2/c25-21-10-11-22-19(13-20(14-24(26)27)23(22)15-21)12-16-6-8-18(9-7-16)17-4-2-1-3-5-17/h1-12,15,20H,13-14H2,(H,26,27)/b19-12+. The number of carboxylic acid groups (broad SMARTS) is 1. The van der Waals surface area contributed by atoms with E-state index in [0.717, 1.165) is 27.8 Å². The van der Waals surface area contributed by atoms with Gasteiger partial charge in [0.25, 0.3) is 0 Å². The van der Waals surface area contributed by atoms with Crippen LogP contribution in [0, 0.1) is 5.82 Å². The first-order valence-corrected chi connectivity index (χ1v) is 8.98. The fraction of sp³-hybridized carbons (Fsp3) is 0.125. The summed E-state index contributed by atoms with van der Waals surface area (Å²) in [6.07, 6.45) is 2.71. The maximum absolute atomic E-state index is 13.7. The fourth-order valence-electron chi connectivity index (χ4n) is 3.78. The van der Waals surface area contributed by atoms with Gasteiger partial charge < -0.3 is 5.11 Å². The maximum Gasteiger partial charge on any atom is 0.303 e. The molecule has 0 saturated carbocycles. The number of hydrogen-bond acceptors (Lipinski definition) is 1. The van der Waals surface area contributed by atoms with Crippen LogP contribution in [0.3, 0.4) is 0 Å². The molecule has 3 aromatic carbocycles. The van der Waals surface area contributed by atoms with Crippen LogP contribution in [0.4, 0.5) is 4.39 Å². The number of benzene rings is 3. The van der Waals surface area contributed by atoms with Crippen LogP contribution < -0.4 is 0 Å². The van der Waals surface area contributed by atoms with Crippen molar-refractivity contribution in [2.45, 2.75) is 18.8 Å². The molecule has 1 unspecified atom stereocenters. The third kappa shape index (κ3) is 3.68. The Kier molecular flexibility index (Phi) is 4.59. The largest absolute Gasteiger partial charge is 0.481 e. The van der Waals surface area contributed by atoms with Crippen molar-refractivity contribution in [1.82, 2.24) is 0 Å². The first kappa shape index (κ1) is 17.2. The van der Waals surface area contributed by atoms with Gasteiger partial charge in [-0.25, -0.2) is 4.39 Å². The van der Waals surface area contributed by atoms with E-state index in [0.29, 0.717) is 6.42 Å². The number of halogens is 1. The van der Waals surface area contributed by atoms with Gasteiger partial charge in [-0.15, -0.1) is 0 Å². The molecule has 0 aliphatic heterocycles. The normalized spacial score (nSPS) is 17.1. The minimum atomic E-state index is -0.858. The smallest absolute Gasteiger partial charge is 0.303 e. The van der Waals surface area contributed by atoms with Crippen LogP contribution in [0.25, 0.3) is 22.8 Å². The molecule has 0 spiro atoms. The van der Waals surface area contributed by atoms with E-state index in [1.807, 2.05) is 18.2 Å². The maximum atomic E-state index is 13.7. The zero-order chi connectivity index (χ0) is 18.8. The molecule has 1 N–H and O–H groups in total. The van der Waals surface area contributed by atoms with Crippen molar-refractivity contribution >= 4 is 17.6 Å². The molecule has 0 radical (unpaired) electrons. The van der Waals surface area contributed by atoms with Crippen molar-refractivity contribution in [3.63, 3.8) is 0 Å². The molecule has 1 aliphatic carbocycles. The van der Waals surface area contributed by atoms with Crippen LogP contribution in [0.1, 0.15) is 35.4 Å². The van der Waals surface area contributed by atoms with Crippen LogP contribution in [-0.2, 0) is 4.79 Å². The highest BCUT2D eigenvalue weighted by molar-refractivity contribution is 5.87. The Morgan fingerprint density at radius 3 is 2.41 bits per heavy atom. The molecule has 0 saturated heterocycles. The average Bonchev–Trinajstić information content (AvgIpc) is 2.99. The Hall–Kier alpha value is -3.20. The minimum Gasteiger partial charge on any atom is -0.481 e. The molecular formula is C24H19FO2. The van der Waals surface area contributed by atoms with E-state index in [4.69, 9.17) is 0 Å². The van der Waals surface area contributed by atoms with E-state index < -0.39 is 5.97 Å². The summed E-state index contributed by atoms with van der Waals surface area (Å²) in [6, 6.07) is 23.1. The number of hydrogen-bond donors (Lipinski definition) is 1. The zero-order valence-corrected chi connectivity index (χ0v) is 14.7. The van der Waals surface area contributed by atoms with Crippen LogP contribution in [0.15, 0.2) is 72.8 Å². The zero-order valence-electron chi connectivity index (χ0n) is 14.7. The van der Waals surface area contributed by atoms with Gasteiger partial charge in [0.1, 0.15) is 5.82 Å². The number of fused-ring (bicyclic) bond motifs is 1. The van der Waals surface area contributed by atoms with Gasteiger partial charge in [0.05, 0.1) is 6.42 Å². The van der Waals surface area contributed by atoms with Crippen LogP contribution >= 0.6 is 0 Å². The van der Waals surface area contributed by atoms with Crippen LogP contribution in [-0.4, -0.2) is 11.1 Å². The summed E-state index contributed by atoms with van der Waals surface area (Å²) in [5, 5.41) is 9.17. The van der Waals surface area contributed by atoms with Crippen molar-refractivity contribution < 1.29 is 14.3 Å². The summed E-state index contributed by atoms with van der Waals surface area (Å²) >= 11 is 0. The first-order chi connectivity index (χ1) is 13.1. The number of allylic oxidation sites excluding steroid dienone is 1. The van der Waals surface area contributed by atoms with Gasteiger partial charge in [-0.2, -0.15) is 0 Å². The predicted octanol–water partition coefficient (Wildman–Crippen LogP) is 6.00. The van der Waals surface area contributed by atoms with E-state index in [1.54, 1.807) is 6.07 Å². The number of carboxylic acids is 1. The molecule has 4 rings (SSSR count). The second-order valence-electron chi connectivity index (χ2n) is 6.89. The van der Waals surface area contributed by atoms with Crippen molar-refractivity contribution in [1.29, 1.82) is 0 Å². The SMILES string of the molecule is O=C(O)CC1C/C(=C\c2ccc(-c3ccccc3)cc2)c2ccc(F)cc21. The number of carbonyl (C=O) groups is 1. The van der Waals surface area contributed by atoms with Crippen LogP contribution in [0.2, 0.25) is 0 Å². The minimum absolute atomic E-state index is 0.0146. The van der Waals surface area contributed by atoms with Gasteiger partial charge in [0.15, 0.2) is 0 Å². The molecule has 0 bridgehead atoms. The third-order valence-electron chi connectivity index (χ3n) is 5.05. The lowest BCUT2D eigenvalue weighted by Gasteiger charge is -2.07. The summed E-state index contributed by atoms with van der Waals surface area (Å²) in [6.45, 7) is 0. The molecule has 3 heteroatoms. The highest BCUT2D eigenvalue weighted by Gasteiger charge is 2.28. The van der Waals surface area contributed by atoms with Gasteiger partial charge >= 0.3 is 5.97 Å². The molecule has 0 heterocycles. The predicted molar refractivity (Wildman–Crippen MR) is 106 cm³/mol. The Morgan fingerprint density at radius 1 is 1.00 bits per heavy atom. The number of rotatable bonds is 4. The summed E-state index contributed by atoms with van der Waals surface area (Å²) in [5.41, 5.74) is 6.18. The Bertz CT molecular complexity index is 1000. The summed E-state index contributed by atoms with van der Waals surface area (Å²) < 4.78 is 13.7. The average molecular weight is 358 g/mol. The van der Waals surface area contributed by atoms with E-state index >= 15 is 0 Å². The van der Waals surface area contributed by atoms with E-state index in [2.05, 4.69) is 42.5 Å². The van der Waals surface area contributed by atoms with Gasteiger partial charge in [-0.1, -0.05) is 66.7 Å². The number of aliphatic carboxylic acids is 1. The Balaban J connectivity index is 1.65. The molecular weight excluding hydrogens is 339 g/mol. The lowest BCUT2D eigenvalue weighted by atomic mass is 9.98. The monoisotopic (exact) mass is 358 g/mol. The van der Waals surface area contributed by atoms with Crippen molar-refractivity contribution in [3.8, 4) is 11.1 Å². The van der Waals surface area contributed by atoms with Gasteiger partial charge in [-0.05, 0) is 57.9 Å². The molecule has 27 heavy (non-hydrogen) atoms. The quantitative estimate of drug-likeness (QED) is 0.621. The molecule has 2 nitrogen and oxygen atoms in total. The molecule has 134 valence electrons. The summed E-state index contributed by atoms with van der Waals surface area (Å²) in [7, 11) is 0. The fourth-order valence-corrected chi connectivity index (χ4v) is 3.78. The molecule has 0 aromatic heterocycles. The Morgan fingerprint density at radius 2 is 1.70 bits per heavy atom. The van der Waals surface area contributed by atoms with E-state index in [1.165, 1.54) is 17.7 Å². The lowest BCUT2D eigenvalue weighted by Crippen LogP contribution is -2.03. The summed E-state index contributed by atoms with van der Waals surface area (Å²) in [5.74, 6) is -1.36. The van der Waals surface area contributed by atoms with Gasteiger partial charge in [0.2, 0.25) is 0 Å². The third-order valence-corrected chi connectivity index (χ3v) is 5.05.